The van der Waals surface area contributed by atoms with Crippen LogP contribution in [0.1, 0.15) is 51.4 Å². The predicted molar refractivity (Wildman–Crippen MR) is 117 cm³/mol. The lowest BCUT2D eigenvalue weighted by molar-refractivity contribution is -0.120. The molecule has 0 bridgehead atoms. The van der Waals surface area contributed by atoms with E-state index in [0.717, 1.165) is 48.6 Å². The Kier molecular flexibility index (Phi) is 6.71. The van der Waals surface area contributed by atoms with Crippen molar-refractivity contribution >= 4 is 33.4 Å². The minimum Gasteiger partial charge on any atom is -0.360 e. The van der Waals surface area contributed by atoms with E-state index >= 15 is 0 Å². The highest BCUT2D eigenvalue weighted by Gasteiger charge is 2.29. The predicted octanol–water partition coefficient (Wildman–Crippen LogP) is 3.22. The molecule has 1 saturated heterocycles. The van der Waals surface area contributed by atoms with Gasteiger partial charge in [0, 0.05) is 36.3 Å². The lowest BCUT2D eigenvalue weighted by Gasteiger charge is -2.31. The number of amides is 1. The molecular weight excluding hydrogens is 406 g/mol. The van der Waals surface area contributed by atoms with Gasteiger partial charge in [0.1, 0.15) is 0 Å². The molecule has 1 aromatic rings. The maximum Gasteiger partial charge on any atom is 0.243 e. The number of benzene rings is 1. The molecule has 1 saturated carbocycles. The van der Waals surface area contributed by atoms with Crippen molar-refractivity contribution in [3.63, 3.8) is 0 Å². The summed E-state index contributed by atoms with van der Waals surface area (Å²) in [5.41, 5.74) is 0.873. The second-order valence-electron chi connectivity index (χ2n) is 8.27. The van der Waals surface area contributed by atoms with Gasteiger partial charge in [-0.2, -0.15) is 4.31 Å². The Bertz CT molecular complexity index is 830. The number of hydrogen-bond donors (Lipinski definition) is 1. The summed E-state index contributed by atoms with van der Waals surface area (Å²) in [6.45, 7) is 2.24. The third kappa shape index (κ3) is 4.91. The molecule has 8 heteroatoms. The summed E-state index contributed by atoms with van der Waals surface area (Å²) in [5, 5.41) is 3.21. The molecule has 1 N–H and O–H groups in total. The van der Waals surface area contributed by atoms with E-state index in [9.17, 15) is 13.2 Å². The minimum atomic E-state index is -3.45. The second-order valence-corrected chi connectivity index (χ2v) is 11.3. The minimum absolute atomic E-state index is 0.0440. The standard InChI is InChI=1S/C21H31N3O3S2/c25-21(22-17-7-3-1-2-4-8-17)16-23-13-14-28-20-10-9-18(15-19(20)23)29(26,27)24-11-5-6-12-24/h9-10,15,17H,1-8,11-14,16H2,(H,22,25). The molecule has 6 nitrogen and oxygen atoms in total. The van der Waals surface area contributed by atoms with Crippen LogP contribution in [0.2, 0.25) is 0 Å². The average Bonchev–Trinajstić information content (AvgIpc) is 3.15. The van der Waals surface area contributed by atoms with Gasteiger partial charge in [0.2, 0.25) is 15.9 Å². The molecule has 2 aliphatic heterocycles. The van der Waals surface area contributed by atoms with Gasteiger partial charge in [0.25, 0.3) is 0 Å². The van der Waals surface area contributed by atoms with Crippen LogP contribution in [0.4, 0.5) is 5.69 Å². The van der Waals surface area contributed by atoms with E-state index in [4.69, 9.17) is 0 Å². The molecule has 2 heterocycles. The van der Waals surface area contributed by atoms with Crippen molar-refractivity contribution in [1.29, 1.82) is 0 Å². The Morgan fingerprint density at radius 1 is 1.03 bits per heavy atom. The molecule has 1 amide bonds. The summed E-state index contributed by atoms with van der Waals surface area (Å²) in [6.07, 6.45) is 8.88. The van der Waals surface area contributed by atoms with Crippen molar-refractivity contribution in [3.8, 4) is 0 Å². The van der Waals surface area contributed by atoms with Crippen molar-refractivity contribution in [2.24, 2.45) is 0 Å². The van der Waals surface area contributed by atoms with Crippen LogP contribution in [0, 0.1) is 0 Å². The Hall–Kier alpha value is -1.25. The fraction of sp³-hybridized carbons (Fsp3) is 0.667. The molecule has 4 rings (SSSR count). The number of rotatable bonds is 5. The van der Waals surface area contributed by atoms with Gasteiger partial charge in [0.15, 0.2) is 0 Å². The highest BCUT2D eigenvalue weighted by Crippen LogP contribution is 2.37. The summed E-state index contributed by atoms with van der Waals surface area (Å²) in [4.78, 5) is 16.1. The van der Waals surface area contributed by atoms with Crippen LogP contribution in [0.3, 0.4) is 0 Å². The summed E-state index contributed by atoms with van der Waals surface area (Å²) < 4.78 is 27.5. The molecule has 1 aromatic carbocycles. The molecular formula is C21H31N3O3S2. The first-order chi connectivity index (χ1) is 14.0. The molecule has 0 unspecified atom stereocenters. The van der Waals surface area contributed by atoms with E-state index in [1.165, 1.54) is 25.7 Å². The lowest BCUT2D eigenvalue weighted by atomic mass is 10.1. The van der Waals surface area contributed by atoms with Gasteiger partial charge >= 0.3 is 0 Å². The van der Waals surface area contributed by atoms with Crippen molar-refractivity contribution in [3.05, 3.63) is 18.2 Å². The van der Waals surface area contributed by atoms with Gasteiger partial charge in [-0.1, -0.05) is 25.7 Å². The fourth-order valence-electron chi connectivity index (χ4n) is 4.53. The van der Waals surface area contributed by atoms with Crippen molar-refractivity contribution in [2.45, 2.75) is 67.2 Å². The third-order valence-corrected chi connectivity index (χ3v) is 9.08. The molecule has 1 aliphatic carbocycles. The number of anilines is 1. The Balaban J connectivity index is 1.48. The number of thioether (sulfide) groups is 1. The monoisotopic (exact) mass is 437 g/mol. The van der Waals surface area contributed by atoms with Gasteiger partial charge in [0.05, 0.1) is 17.1 Å². The number of sulfonamides is 1. The van der Waals surface area contributed by atoms with E-state index in [1.807, 2.05) is 11.0 Å². The molecule has 160 valence electrons. The molecule has 0 aromatic heterocycles. The lowest BCUT2D eigenvalue weighted by Crippen LogP contribution is -2.43. The maximum atomic E-state index is 13.0. The number of hydrogen-bond acceptors (Lipinski definition) is 5. The Morgan fingerprint density at radius 3 is 2.48 bits per heavy atom. The Morgan fingerprint density at radius 2 is 1.76 bits per heavy atom. The Labute approximate surface area is 178 Å². The molecule has 2 fully saturated rings. The number of carbonyl (C=O) groups is 1. The summed E-state index contributed by atoms with van der Waals surface area (Å²) in [7, 11) is -3.45. The SMILES string of the molecule is O=C(CN1CCSc2ccc(S(=O)(=O)N3CCCC3)cc21)NC1CCCCCC1. The van der Waals surface area contributed by atoms with Crippen LogP contribution in [-0.4, -0.2) is 56.6 Å². The second kappa shape index (κ2) is 9.27. The van der Waals surface area contributed by atoms with Gasteiger partial charge < -0.3 is 10.2 Å². The third-order valence-electron chi connectivity index (χ3n) is 6.15. The highest BCUT2D eigenvalue weighted by molar-refractivity contribution is 7.99. The van der Waals surface area contributed by atoms with E-state index in [-0.39, 0.29) is 18.5 Å². The largest absolute Gasteiger partial charge is 0.360 e. The maximum absolute atomic E-state index is 13.0. The molecule has 0 spiro atoms. The molecule has 3 aliphatic rings. The smallest absolute Gasteiger partial charge is 0.243 e. The van der Waals surface area contributed by atoms with Crippen LogP contribution < -0.4 is 10.2 Å². The summed E-state index contributed by atoms with van der Waals surface area (Å²) in [5.74, 6) is 0.949. The fourth-order valence-corrected chi connectivity index (χ4v) is 7.09. The number of carbonyl (C=O) groups excluding carboxylic acids is 1. The number of fused-ring (bicyclic) bond motifs is 1. The van der Waals surface area contributed by atoms with Crippen molar-refractivity contribution in [2.75, 3.05) is 36.8 Å². The van der Waals surface area contributed by atoms with Crippen LogP contribution >= 0.6 is 11.8 Å². The first-order valence-corrected chi connectivity index (χ1v) is 13.3. The van der Waals surface area contributed by atoms with E-state index in [1.54, 1.807) is 28.2 Å². The molecule has 0 atom stereocenters. The van der Waals surface area contributed by atoms with Gasteiger partial charge in [-0.15, -0.1) is 11.8 Å². The first kappa shape index (κ1) is 21.0. The summed E-state index contributed by atoms with van der Waals surface area (Å²) in [6, 6.07) is 5.67. The van der Waals surface area contributed by atoms with Crippen LogP contribution in [-0.2, 0) is 14.8 Å². The number of nitrogens with zero attached hydrogens (tertiary/aromatic N) is 2. The van der Waals surface area contributed by atoms with Crippen LogP contribution in [0.25, 0.3) is 0 Å². The normalized spacial score (nSPS) is 21.6. The zero-order valence-electron chi connectivity index (χ0n) is 16.9. The van der Waals surface area contributed by atoms with Gasteiger partial charge in [-0.05, 0) is 43.9 Å². The zero-order chi connectivity index (χ0) is 20.3. The van der Waals surface area contributed by atoms with Crippen LogP contribution in [0.5, 0.6) is 0 Å². The topological polar surface area (TPSA) is 69.7 Å². The zero-order valence-corrected chi connectivity index (χ0v) is 18.6. The van der Waals surface area contributed by atoms with Crippen LogP contribution in [0.15, 0.2) is 28.0 Å². The van der Waals surface area contributed by atoms with Gasteiger partial charge in [-0.25, -0.2) is 8.42 Å². The van der Waals surface area contributed by atoms with E-state index in [2.05, 4.69) is 5.32 Å². The quantitative estimate of drug-likeness (QED) is 0.717. The number of nitrogens with one attached hydrogen (secondary N) is 1. The van der Waals surface area contributed by atoms with Gasteiger partial charge in [-0.3, -0.25) is 4.79 Å². The van der Waals surface area contributed by atoms with E-state index < -0.39 is 10.0 Å². The first-order valence-electron chi connectivity index (χ1n) is 10.9. The van der Waals surface area contributed by atoms with Crippen molar-refractivity contribution < 1.29 is 13.2 Å². The van der Waals surface area contributed by atoms with E-state index in [0.29, 0.717) is 18.0 Å². The van der Waals surface area contributed by atoms with Crippen molar-refractivity contribution in [1.82, 2.24) is 9.62 Å². The summed E-state index contributed by atoms with van der Waals surface area (Å²) >= 11 is 1.73. The average molecular weight is 438 g/mol. The molecule has 29 heavy (non-hydrogen) atoms. The molecule has 0 radical (unpaired) electrons. The highest BCUT2D eigenvalue weighted by atomic mass is 32.2.